The Balaban J connectivity index is 4.99. The Morgan fingerprint density at radius 2 is 1.64 bits per heavy atom. The number of carboxylic acids is 3. The van der Waals surface area contributed by atoms with Gasteiger partial charge in [-0.25, -0.2) is 0 Å². The van der Waals surface area contributed by atoms with Gasteiger partial charge in [0, 0.05) is 12.4 Å². The molecule has 0 saturated carbocycles. The van der Waals surface area contributed by atoms with Gasteiger partial charge in [0.2, 0.25) is 0 Å². The number of carboxylic acid groups (broad SMARTS) is 3. The molecule has 0 amide bonds. The monoisotopic (exact) mass is 205 g/mol. The Bertz CT molecular complexity index is 271. The van der Waals surface area contributed by atoms with Crippen molar-refractivity contribution < 1.29 is 39.9 Å². The molecule has 14 heavy (non-hydrogen) atoms. The summed E-state index contributed by atoms with van der Waals surface area (Å²) in [5.41, 5.74) is -3.46. The van der Waals surface area contributed by atoms with Crippen LogP contribution in [-0.2, 0) is 14.4 Å². The van der Waals surface area contributed by atoms with Crippen LogP contribution in [0.1, 0.15) is 6.42 Å². The molecule has 0 aliphatic rings. The number of rotatable bonds is 5. The van der Waals surface area contributed by atoms with E-state index in [1.165, 1.54) is 0 Å². The molecule has 8 nitrogen and oxygen atoms in total. The molecule has 2 N–H and O–H groups in total. The number of hydrogen-bond acceptors (Lipinski definition) is 8. The van der Waals surface area contributed by atoms with Gasteiger partial charge in [-0.2, -0.15) is 0 Å². The van der Waals surface area contributed by atoms with E-state index >= 15 is 0 Å². The Morgan fingerprint density at radius 1 is 1.21 bits per heavy atom. The van der Waals surface area contributed by atoms with Crippen LogP contribution < -0.4 is 15.3 Å². The van der Waals surface area contributed by atoms with Crippen LogP contribution in [0.2, 0.25) is 0 Å². The van der Waals surface area contributed by atoms with Crippen molar-refractivity contribution in [2.24, 2.45) is 0 Å². The fraction of sp³-hybridized carbons (Fsp3) is 0.500. The molecule has 0 aliphatic carbocycles. The highest BCUT2D eigenvalue weighted by atomic mass is 16.4. The predicted molar refractivity (Wildman–Crippen MR) is 30.6 cm³/mol. The third-order valence-electron chi connectivity index (χ3n) is 1.44. The second kappa shape index (κ2) is 4.03. The maximum atomic E-state index is 10.2. The number of aliphatic hydroxyl groups excluding tert-OH is 1. The first kappa shape index (κ1) is 12.3. The summed E-state index contributed by atoms with van der Waals surface area (Å²) in [6.07, 6.45) is -4.53. The molecule has 0 aromatic rings. The summed E-state index contributed by atoms with van der Waals surface area (Å²) in [6, 6.07) is 0. The van der Waals surface area contributed by atoms with Gasteiger partial charge in [-0.1, -0.05) is 0 Å². The Hall–Kier alpha value is -1.67. The number of aliphatic hydroxyl groups is 2. The van der Waals surface area contributed by atoms with Crippen LogP contribution in [0.3, 0.4) is 0 Å². The minimum Gasteiger partial charge on any atom is -0.550 e. The third-order valence-corrected chi connectivity index (χ3v) is 1.44. The van der Waals surface area contributed by atoms with E-state index in [0.29, 0.717) is 0 Å². The molecule has 0 saturated heterocycles. The van der Waals surface area contributed by atoms with E-state index in [1.54, 1.807) is 0 Å². The molecule has 0 aromatic carbocycles. The summed E-state index contributed by atoms with van der Waals surface area (Å²) in [4.78, 5) is 30.2. The van der Waals surface area contributed by atoms with Gasteiger partial charge in [0.1, 0.15) is 11.7 Å². The predicted octanol–water partition coefficient (Wildman–Crippen LogP) is -6.28. The molecule has 0 spiro atoms. The molecule has 0 aromatic heterocycles. The number of aliphatic carboxylic acids is 3. The molecule has 0 rings (SSSR count). The van der Waals surface area contributed by atoms with E-state index in [1.807, 2.05) is 0 Å². The van der Waals surface area contributed by atoms with Gasteiger partial charge in [0.25, 0.3) is 0 Å². The van der Waals surface area contributed by atoms with Crippen molar-refractivity contribution in [3.05, 3.63) is 0 Å². The summed E-state index contributed by atoms with van der Waals surface area (Å²) in [7, 11) is 0. The Morgan fingerprint density at radius 3 is 1.86 bits per heavy atom. The average molecular weight is 205 g/mol. The third kappa shape index (κ3) is 2.41. The zero-order chi connectivity index (χ0) is 11.5. The first-order chi connectivity index (χ1) is 6.21. The molecule has 8 heteroatoms. The lowest BCUT2D eigenvalue weighted by molar-refractivity contribution is -0.350. The Kier molecular flexibility index (Phi) is 3.55. The summed E-state index contributed by atoms with van der Waals surface area (Å²) in [6.45, 7) is 0. The largest absolute Gasteiger partial charge is 0.550 e. The summed E-state index contributed by atoms with van der Waals surface area (Å²) in [5, 5.41) is 47.8. The summed E-state index contributed by atoms with van der Waals surface area (Å²) in [5.74, 6) is -6.84. The molecule has 80 valence electrons. The van der Waals surface area contributed by atoms with Crippen molar-refractivity contribution in [1.29, 1.82) is 0 Å². The van der Waals surface area contributed by atoms with Gasteiger partial charge in [0.15, 0.2) is 0 Å². The lowest BCUT2D eigenvalue weighted by Gasteiger charge is -2.34. The zero-order valence-corrected chi connectivity index (χ0v) is 6.63. The molecule has 2 unspecified atom stereocenters. The van der Waals surface area contributed by atoms with Crippen molar-refractivity contribution >= 4 is 17.9 Å². The van der Waals surface area contributed by atoms with E-state index in [4.69, 9.17) is 10.2 Å². The van der Waals surface area contributed by atoms with Gasteiger partial charge in [0.05, 0.1) is 11.9 Å². The van der Waals surface area contributed by atoms with E-state index in [9.17, 15) is 29.7 Å². The lowest BCUT2D eigenvalue weighted by atomic mass is 9.93. The van der Waals surface area contributed by atoms with Crippen LogP contribution >= 0.6 is 0 Å². The van der Waals surface area contributed by atoms with Crippen molar-refractivity contribution in [1.82, 2.24) is 0 Å². The quantitative estimate of drug-likeness (QED) is 0.447. The van der Waals surface area contributed by atoms with E-state index < -0.39 is 36.0 Å². The van der Waals surface area contributed by atoms with Crippen molar-refractivity contribution in [3.8, 4) is 0 Å². The average Bonchev–Trinajstić information content (AvgIpc) is 2.00. The first-order valence-corrected chi connectivity index (χ1v) is 3.24. The van der Waals surface area contributed by atoms with Gasteiger partial charge in [-0.15, -0.1) is 0 Å². The molecular formula is C6H5O8-3. The maximum absolute atomic E-state index is 10.2. The highest BCUT2D eigenvalue weighted by Crippen LogP contribution is 2.14. The fourth-order valence-electron chi connectivity index (χ4n) is 0.695. The van der Waals surface area contributed by atoms with Crippen LogP contribution in [0.4, 0.5) is 0 Å². The normalized spacial score (nSPS) is 16.7. The standard InChI is InChI=1S/C6H8O8/c7-2(8)1-6(14,5(12)13)3(9)4(10)11/h3,9,14H,1H2,(H,7,8)(H,10,11)(H,12,13)/p-3. The van der Waals surface area contributed by atoms with Crippen molar-refractivity contribution in [3.63, 3.8) is 0 Å². The minimum atomic E-state index is -3.46. The summed E-state index contributed by atoms with van der Waals surface area (Å²) < 4.78 is 0. The number of carbonyl (C=O) groups excluding carboxylic acids is 3. The highest BCUT2D eigenvalue weighted by molar-refractivity contribution is 5.88. The van der Waals surface area contributed by atoms with Crippen molar-refractivity contribution in [2.75, 3.05) is 0 Å². The molecular weight excluding hydrogens is 200 g/mol. The SMILES string of the molecule is O=C([O-])CC(O)(C(=O)[O-])C(O)C(=O)[O-]. The van der Waals surface area contributed by atoms with Gasteiger partial charge >= 0.3 is 0 Å². The van der Waals surface area contributed by atoms with E-state index in [0.717, 1.165) is 0 Å². The second-order valence-corrected chi connectivity index (χ2v) is 2.48. The van der Waals surface area contributed by atoms with Crippen LogP contribution in [0.15, 0.2) is 0 Å². The second-order valence-electron chi connectivity index (χ2n) is 2.48. The molecule has 0 fully saturated rings. The van der Waals surface area contributed by atoms with Gasteiger partial charge in [-0.3, -0.25) is 0 Å². The van der Waals surface area contributed by atoms with E-state index in [-0.39, 0.29) is 0 Å². The molecule has 0 aliphatic heterocycles. The maximum Gasteiger partial charge on any atom is 0.140 e. The zero-order valence-electron chi connectivity index (χ0n) is 6.63. The van der Waals surface area contributed by atoms with Crippen molar-refractivity contribution in [2.45, 2.75) is 18.1 Å². The topological polar surface area (TPSA) is 161 Å². The molecule has 2 atom stereocenters. The van der Waals surface area contributed by atoms with Gasteiger partial charge in [-0.05, 0) is 0 Å². The fourth-order valence-corrected chi connectivity index (χ4v) is 0.695. The Labute approximate surface area is 77.0 Å². The van der Waals surface area contributed by atoms with Crippen LogP contribution in [-0.4, -0.2) is 39.8 Å². The molecule has 0 radical (unpaired) electrons. The number of carbonyl (C=O) groups is 3. The summed E-state index contributed by atoms with van der Waals surface area (Å²) >= 11 is 0. The lowest BCUT2D eigenvalue weighted by Crippen LogP contribution is -2.63. The van der Waals surface area contributed by atoms with Gasteiger partial charge < -0.3 is 39.9 Å². The van der Waals surface area contributed by atoms with Crippen LogP contribution in [0.25, 0.3) is 0 Å². The molecule has 0 bridgehead atoms. The number of hydrogen-bond donors (Lipinski definition) is 2. The van der Waals surface area contributed by atoms with Crippen LogP contribution in [0, 0.1) is 0 Å². The first-order valence-electron chi connectivity index (χ1n) is 3.24. The minimum absolute atomic E-state index is 1.62. The van der Waals surface area contributed by atoms with E-state index in [2.05, 4.69) is 0 Å². The smallest absolute Gasteiger partial charge is 0.140 e. The highest BCUT2D eigenvalue weighted by Gasteiger charge is 2.38. The van der Waals surface area contributed by atoms with Crippen LogP contribution in [0.5, 0.6) is 0 Å². The molecule has 0 heterocycles.